The number of anilines is 1. The third-order valence-corrected chi connectivity index (χ3v) is 9.90. The lowest BCUT2D eigenvalue weighted by atomic mass is 10.0. The number of hydrogen-bond acceptors (Lipinski definition) is 4. The van der Waals surface area contributed by atoms with Crippen LogP contribution in [0.4, 0.5) is 5.69 Å². The Bertz CT molecular complexity index is 1730. The van der Waals surface area contributed by atoms with Crippen LogP contribution in [0.2, 0.25) is 15.1 Å². The smallest absolute Gasteiger partial charge is 0.264 e. The molecule has 7 nitrogen and oxygen atoms in total. The van der Waals surface area contributed by atoms with Gasteiger partial charge in [-0.05, 0) is 62.7 Å². The summed E-state index contributed by atoms with van der Waals surface area (Å²) in [5.41, 5.74) is 2.22. The molecule has 0 fully saturated rings. The SMILES string of the molecule is Cc1ccc(S(=O)(=O)N(CC(=O)N(Cc2c(Cl)cccc2Cl)C(Cc2ccccc2)C(=O)NC(C)C)c2ccccc2Cl)cc1. The quantitative estimate of drug-likeness (QED) is 0.169. The van der Waals surface area contributed by atoms with Gasteiger partial charge in [-0.1, -0.05) is 101 Å². The molecule has 1 unspecified atom stereocenters. The molecule has 45 heavy (non-hydrogen) atoms. The molecule has 236 valence electrons. The first-order valence-electron chi connectivity index (χ1n) is 14.3. The van der Waals surface area contributed by atoms with Crippen molar-refractivity contribution in [3.63, 3.8) is 0 Å². The van der Waals surface area contributed by atoms with Crippen LogP contribution in [0.25, 0.3) is 0 Å². The normalized spacial score (nSPS) is 12.1. The second kappa shape index (κ2) is 15.1. The lowest BCUT2D eigenvalue weighted by Gasteiger charge is -2.34. The molecule has 0 aliphatic heterocycles. The van der Waals surface area contributed by atoms with Crippen molar-refractivity contribution in [1.29, 1.82) is 0 Å². The zero-order valence-corrected chi connectivity index (χ0v) is 28.2. The average molecular weight is 687 g/mol. The predicted molar refractivity (Wildman–Crippen MR) is 181 cm³/mol. The van der Waals surface area contributed by atoms with Gasteiger partial charge in [-0.3, -0.25) is 13.9 Å². The number of para-hydroxylation sites is 1. The monoisotopic (exact) mass is 685 g/mol. The van der Waals surface area contributed by atoms with Gasteiger partial charge in [0.1, 0.15) is 12.6 Å². The fourth-order valence-corrected chi connectivity index (χ4v) is 7.03. The Hall–Kier alpha value is -3.56. The molecule has 0 saturated heterocycles. The van der Waals surface area contributed by atoms with E-state index < -0.39 is 34.4 Å². The Kier molecular flexibility index (Phi) is 11.6. The summed E-state index contributed by atoms with van der Waals surface area (Å²) in [6.07, 6.45) is 0.157. The van der Waals surface area contributed by atoms with E-state index in [0.717, 1.165) is 15.4 Å². The Morgan fingerprint density at radius 2 is 1.36 bits per heavy atom. The molecule has 11 heteroatoms. The van der Waals surface area contributed by atoms with Gasteiger partial charge in [0.2, 0.25) is 11.8 Å². The van der Waals surface area contributed by atoms with E-state index in [4.69, 9.17) is 34.8 Å². The summed E-state index contributed by atoms with van der Waals surface area (Å²) < 4.78 is 29.2. The minimum atomic E-state index is -4.29. The van der Waals surface area contributed by atoms with Crippen LogP contribution in [-0.4, -0.2) is 43.8 Å². The maximum Gasteiger partial charge on any atom is 0.264 e. The van der Waals surface area contributed by atoms with Gasteiger partial charge < -0.3 is 10.2 Å². The van der Waals surface area contributed by atoms with Crippen LogP contribution in [-0.2, 0) is 32.6 Å². The summed E-state index contributed by atoms with van der Waals surface area (Å²) in [6, 6.07) is 25.7. The van der Waals surface area contributed by atoms with E-state index in [0.29, 0.717) is 15.6 Å². The third-order valence-electron chi connectivity index (χ3n) is 7.10. The fourth-order valence-electron chi connectivity index (χ4n) is 4.79. The summed E-state index contributed by atoms with van der Waals surface area (Å²) in [7, 11) is -4.29. The van der Waals surface area contributed by atoms with Gasteiger partial charge >= 0.3 is 0 Å². The topological polar surface area (TPSA) is 86.8 Å². The highest BCUT2D eigenvalue weighted by atomic mass is 35.5. The lowest BCUT2D eigenvalue weighted by Crippen LogP contribution is -2.54. The molecule has 0 aliphatic carbocycles. The standard InChI is InChI=1S/C34H34Cl3N3O4S/c1-23(2)38-34(42)32(20-25-10-5-4-6-11-25)39(21-27-28(35)13-9-14-29(27)36)33(41)22-40(31-15-8-7-12-30(31)37)45(43,44)26-18-16-24(3)17-19-26/h4-19,23,32H,20-22H2,1-3H3,(H,38,42). The maximum absolute atomic E-state index is 14.5. The molecule has 0 bridgehead atoms. The van der Waals surface area contributed by atoms with E-state index in [-0.39, 0.29) is 34.6 Å². The third kappa shape index (κ3) is 8.58. The number of nitrogens with one attached hydrogen (secondary N) is 1. The van der Waals surface area contributed by atoms with E-state index in [1.807, 2.05) is 51.1 Å². The minimum absolute atomic E-state index is 0.0140. The number of halogens is 3. The zero-order valence-electron chi connectivity index (χ0n) is 25.1. The van der Waals surface area contributed by atoms with Crippen LogP contribution in [0, 0.1) is 6.92 Å². The summed E-state index contributed by atoms with van der Waals surface area (Å²) in [4.78, 5) is 29.7. The molecule has 0 aliphatic rings. The average Bonchev–Trinajstić information content (AvgIpc) is 2.99. The number of carbonyl (C=O) groups excluding carboxylic acids is 2. The minimum Gasteiger partial charge on any atom is -0.352 e. The highest BCUT2D eigenvalue weighted by molar-refractivity contribution is 7.92. The molecule has 4 rings (SSSR count). The highest BCUT2D eigenvalue weighted by Gasteiger charge is 2.36. The zero-order chi connectivity index (χ0) is 32.7. The maximum atomic E-state index is 14.5. The van der Waals surface area contributed by atoms with Gasteiger partial charge in [-0.25, -0.2) is 8.42 Å². The number of sulfonamides is 1. The number of aryl methyl sites for hydroxylation is 1. The second-order valence-corrected chi connectivity index (χ2v) is 14.0. The first-order valence-corrected chi connectivity index (χ1v) is 16.9. The fraction of sp³-hybridized carbons (Fsp3) is 0.235. The molecule has 0 heterocycles. The van der Waals surface area contributed by atoms with Gasteiger partial charge in [-0.15, -0.1) is 0 Å². The highest BCUT2D eigenvalue weighted by Crippen LogP contribution is 2.32. The second-order valence-electron chi connectivity index (χ2n) is 10.9. The Labute approximate surface area is 279 Å². The van der Waals surface area contributed by atoms with Crippen LogP contribution in [0.5, 0.6) is 0 Å². The van der Waals surface area contributed by atoms with Crippen molar-refractivity contribution < 1.29 is 18.0 Å². The summed E-state index contributed by atoms with van der Waals surface area (Å²) in [6.45, 7) is 4.69. The van der Waals surface area contributed by atoms with Crippen LogP contribution in [0.15, 0.2) is 102 Å². The van der Waals surface area contributed by atoms with Gasteiger partial charge in [-0.2, -0.15) is 0 Å². The molecule has 1 N–H and O–H groups in total. The Morgan fingerprint density at radius 3 is 1.96 bits per heavy atom. The van der Waals surface area contributed by atoms with Crippen LogP contribution < -0.4 is 9.62 Å². The van der Waals surface area contributed by atoms with E-state index in [2.05, 4.69) is 5.32 Å². The van der Waals surface area contributed by atoms with Gasteiger partial charge in [0.25, 0.3) is 10.0 Å². The summed E-state index contributed by atoms with van der Waals surface area (Å²) in [5, 5.41) is 3.66. The van der Waals surface area contributed by atoms with Crippen molar-refractivity contribution in [3.05, 3.63) is 129 Å². The first kappa shape index (κ1) is 34.3. The predicted octanol–water partition coefficient (Wildman–Crippen LogP) is 7.32. The van der Waals surface area contributed by atoms with Crippen molar-refractivity contribution in [2.75, 3.05) is 10.8 Å². The summed E-state index contributed by atoms with van der Waals surface area (Å²) >= 11 is 19.6. The number of benzene rings is 4. The lowest BCUT2D eigenvalue weighted by molar-refractivity contribution is -0.140. The molecular weight excluding hydrogens is 653 g/mol. The largest absolute Gasteiger partial charge is 0.352 e. The molecule has 1 atom stereocenters. The van der Waals surface area contributed by atoms with Crippen LogP contribution in [0.1, 0.15) is 30.5 Å². The van der Waals surface area contributed by atoms with Gasteiger partial charge in [0.15, 0.2) is 0 Å². The van der Waals surface area contributed by atoms with E-state index >= 15 is 0 Å². The number of hydrogen-bond donors (Lipinski definition) is 1. The van der Waals surface area contributed by atoms with Crippen molar-refractivity contribution in [3.8, 4) is 0 Å². The molecular formula is C34H34Cl3N3O4S. The van der Waals surface area contributed by atoms with Crippen molar-refractivity contribution in [1.82, 2.24) is 10.2 Å². The molecule has 4 aromatic rings. The number of nitrogens with zero attached hydrogens (tertiary/aromatic N) is 2. The first-order chi connectivity index (χ1) is 21.4. The number of rotatable bonds is 12. The van der Waals surface area contributed by atoms with Crippen molar-refractivity contribution in [2.45, 2.75) is 50.7 Å². The van der Waals surface area contributed by atoms with Crippen molar-refractivity contribution in [2.24, 2.45) is 0 Å². The Morgan fingerprint density at radius 1 is 0.778 bits per heavy atom. The van der Waals surface area contributed by atoms with Crippen molar-refractivity contribution >= 4 is 62.3 Å². The van der Waals surface area contributed by atoms with Gasteiger partial charge in [0.05, 0.1) is 15.6 Å². The molecule has 2 amide bonds. The van der Waals surface area contributed by atoms with E-state index in [9.17, 15) is 18.0 Å². The molecule has 0 saturated carbocycles. The molecule has 0 spiro atoms. The van der Waals surface area contributed by atoms with Crippen LogP contribution in [0.3, 0.4) is 0 Å². The van der Waals surface area contributed by atoms with E-state index in [1.54, 1.807) is 48.5 Å². The summed E-state index contributed by atoms with van der Waals surface area (Å²) in [5.74, 6) is -1.06. The van der Waals surface area contributed by atoms with Crippen LogP contribution >= 0.6 is 34.8 Å². The number of carbonyl (C=O) groups is 2. The molecule has 4 aromatic carbocycles. The molecule has 0 radical (unpaired) electrons. The number of amides is 2. The van der Waals surface area contributed by atoms with E-state index in [1.165, 1.54) is 23.1 Å². The van der Waals surface area contributed by atoms with Gasteiger partial charge in [0, 0.05) is 34.6 Å². The molecule has 0 aromatic heterocycles. The Balaban J connectivity index is 1.85.